The highest BCUT2D eigenvalue weighted by Gasteiger charge is 2.39. The van der Waals surface area contributed by atoms with Crippen LogP contribution in [-0.2, 0) is 10.2 Å². The molecule has 1 atom stereocenters. The van der Waals surface area contributed by atoms with E-state index < -0.39 is 0 Å². The van der Waals surface area contributed by atoms with Crippen molar-refractivity contribution in [1.29, 1.82) is 0 Å². The zero-order chi connectivity index (χ0) is 17.1. The van der Waals surface area contributed by atoms with E-state index in [1.54, 1.807) is 0 Å². The number of piperidine rings is 1. The summed E-state index contributed by atoms with van der Waals surface area (Å²) < 4.78 is 5.82. The molecule has 3 heterocycles. The third-order valence-corrected chi connectivity index (χ3v) is 5.82. The summed E-state index contributed by atoms with van der Waals surface area (Å²) in [7, 11) is 0. The second-order valence-electron chi connectivity index (χ2n) is 7.53. The van der Waals surface area contributed by atoms with Crippen LogP contribution >= 0.6 is 0 Å². The van der Waals surface area contributed by atoms with Crippen molar-refractivity contribution in [3.05, 3.63) is 59.7 Å². The second kappa shape index (κ2) is 7.22. The average molecular weight is 337 g/mol. The summed E-state index contributed by atoms with van der Waals surface area (Å²) in [6.07, 6.45) is 5.39. The van der Waals surface area contributed by atoms with Crippen molar-refractivity contribution >= 4 is 0 Å². The van der Waals surface area contributed by atoms with Gasteiger partial charge in [0.2, 0.25) is 0 Å². The first kappa shape index (κ1) is 16.7. The van der Waals surface area contributed by atoms with Crippen LogP contribution in [0.4, 0.5) is 0 Å². The molecule has 25 heavy (non-hydrogen) atoms. The Morgan fingerprint density at radius 3 is 2.64 bits per heavy atom. The van der Waals surface area contributed by atoms with Gasteiger partial charge in [-0.25, -0.2) is 9.97 Å². The SMILES string of the molecule is Cc1nccc(C2CCN(C[C@]3(c4ccccc4)CCOC3)CC2)n1. The Balaban J connectivity index is 1.42. The molecule has 2 saturated heterocycles. The molecule has 4 heteroatoms. The third-order valence-electron chi connectivity index (χ3n) is 5.82. The number of benzene rings is 1. The van der Waals surface area contributed by atoms with E-state index in [2.05, 4.69) is 51.3 Å². The summed E-state index contributed by atoms with van der Waals surface area (Å²) in [5.74, 6) is 1.46. The molecule has 2 aromatic rings. The molecule has 1 aromatic carbocycles. The minimum absolute atomic E-state index is 0.166. The van der Waals surface area contributed by atoms with E-state index in [9.17, 15) is 0 Å². The smallest absolute Gasteiger partial charge is 0.125 e. The summed E-state index contributed by atoms with van der Waals surface area (Å²) in [6, 6.07) is 13.0. The first-order valence-electron chi connectivity index (χ1n) is 9.40. The first-order valence-corrected chi connectivity index (χ1v) is 9.40. The minimum Gasteiger partial charge on any atom is -0.380 e. The highest BCUT2D eigenvalue weighted by atomic mass is 16.5. The molecule has 2 aliphatic rings. The Labute approximate surface area is 150 Å². The minimum atomic E-state index is 0.166. The van der Waals surface area contributed by atoms with Crippen LogP contribution in [-0.4, -0.2) is 47.7 Å². The average Bonchev–Trinajstić information content (AvgIpc) is 3.13. The van der Waals surface area contributed by atoms with E-state index in [-0.39, 0.29) is 5.41 Å². The Morgan fingerprint density at radius 1 is 1.16 bits per heavy atom. The molecule has 132 valence electrons. The standard InChI is InChI=1S/C21H27N3O/c1-17-22-11-7-20(23-17)18-8-12-24(13-9-18)15-21(10-14-25-16-21)19-5-3-2-4-6-19/h2-7,11,18H,8-10,12-16H2,1H3/t21-/m1/s1. The summed E-state index contributed by atoms with van der Waals surface area (Å²) in [6.45, 7) is 7.09. The van der Waals surface area contributed by atoms with Crippen LogP contribution in [0, 0.1) is 6.92 Å². The molecule has 4 rings (SSSR count). The molecule has 2 fully saturated rings. The molecule has 0 spiro atoms. The van der Waals surface area contributed by atoms with Gasteiger partial charge in [-0.05, 0) is 50.9 Å². The summed E-state index contributed by atoms with van der Waals surface area (Å²) in [4.78, 5) is 11.5. The fraction of sp³-hybridized carbons (Fsp3) is 0.524. The predicted molar refractivity (Wildman–Crippen MR) is 98.7 cm³/mol. The van der Waals surface area contributed by atoms with Gasteiger partial charge in [-0.3, -0.25) is 0 Å². The van der Waals surface area contributed by atoms with E-state index in [1.807, 2.05) is 13.1 Å². The van der Waals surface area contributed by atoms with Crippen molar-refractivity contribution in [2.45, 2.75) is 37.5 Å². The Hall–Kier alpha value is -1.78. The summed E-state index contributed by atoms with van der Waals surface area (Å²) in [5, 5.41) is 0. The lowest BCUT2D eigenvalue weighted by atomic mass is 9.78. The maximum absolute atomic E-state index is 5.82. The van der Waals surface area contributed by atoms with E-state index in [4.69, 9.17) is 4.74 Å². The zero-order valence-corrected chi connectivity index (χ0v) is 15.0. The van der Waals surface area contributed by atoms with Crippen LogP contribution in [0.25, 0.3) is 0 Å². The van der Waals surface area contributed by atoms with Crippen molar-refractivity contribution in [3.8, 4) is 0 Å². The van der Waals surface area contributed by atoms with Crippen LogP contribution in [0.2, 0.25) is 0 Å². The van der Waals surface area contributed by atoms with E-state index in [0.717, 1.165) is 45.1 Å². The van der Waals surface area contributed by atoms with Gasteiger partial charge < -0.3 is 9.64 Å². The molecule has 0 saturated carbocycles. The Kier molecular flexibility index (Phi) is 4.82. The van der Waals surface area contributed by atoms with Crippen molar-refractivity contribution in [2.24, 2.45) is 0 Å². The highest BCUT2D eigenvalue weighted by Crippen LogP contribution is 2.36. The van der Waals surface area contributed by atoms with Gasteiger partial charge in [0.25, 0.3) is 0 Å². The van der Waals surface area contributed by atoms with Crippen LogP contribution < -0.4 is 0 Å². The number of rotatable bonds is 4. The molecule has 0 N–H and O–H groups in total. The Bertz CT molecular complexity index is 689. The molecular formula is C21H27N3O. The second-order valence-corrected chi connectivity index (χ2v) is 7.53. The number of aryl methyl sites for hydroxylation is 1. The van der Waals surface area contributed by atoms with Crippen LogP contribution in [0.5, 0.6) is 0 Å². The molecule has 0 amide bonds. The van der Waals surface area contributed by atoms with Gasteiger partial charge in [-0.2, -0.15) is 0 Å². The highest BCUT2D eigenvalue weighted by molar-refractivity contribution is 5.27. The van der Waals surface area contributed by atoms with Crippen molar-refractivity contribution in [3.63, 3.8) is 0 Å². The van der Waals surface area contributed by atoms with E-state index in [0.29, 0.717) is 5.92 Å². The largest absolute Gasteiger partial charge is 0.380 e. The number of hydrogen-bond donors (Lipinski definition) is 0. The number of likely N-dealkylation sites (tertiary alicyclic amines) is 1. The lowest BCUT2D eigenvalue weighted by molar-refractivity contribution is 0.134. The molecule has 0 aliphatic carbocycles. The van der Waals surface area contributed by atoms with Gasteiger partial charge in [0.15, 0.2) is 0 Å². The first-order chi connectivity index (χ1) is 12.3. The fourth-order valence-electron chi connectivity index (χ4n) is 4.36. The zero-order valence-electron chi connectivity index (χ0n) is 15.0. The van der Waals surface area contributed by atoms with Gasteiger partial charge in [0, 0.05) is 36.4 Å². The third kappa shape index (κ3) is 3.60. The van der Waals surface area contributed by atoms with Crippen molar-refractivity contribution < 1.29 is 4.74 Å². The molecular weight excluding hydrogens is 310 g/mol. The molecule has 2 aliphatic heterocycles. The van der Waals surface area contributed by atoms with Crippen molar-refractivity contribution in [2.75, 3.05) is 32.8 Å². The topological polar surface area (TPSA) is 38.2 Å². The quantitative estimate of drug-likeness (QED) is 0.858. The molecule has 0 bridgehead atoms. The van der Waals surface area contributed by atoms with Gasteiger partial charge in [-0.1, -0.05) is 30.3 Å². The molecule has 4 nitrogen and oxygen atoms in total. The number of hydrogen-bond acceptors (Lipinski definition) is 4. The normalized spacial score (nSPS) is 25.3. The lowest BCUT2D eigenvalue weighted by Gasteiger charge is -2.38. The van der Waals surface area contributed by atoms with Crippen LogP contribution in [0.3, 0.4) is 0 Å². The molecule has 0 unspecified atom stereocenters. The van der Waals surface area contributed by atoms with Crippen LogP contribution in [0.15, 0.2) is 42.6 Å². The fourth-order valence-corrected chi connectivity index (χ4v) is 4.36. The van der Waals surface area contributed by atoms with Gasteiger partial charge >= 0.3 is 0 Å². The van der Waals surface area contributed by atoms with E-state index in [1.165, 1.54) is 24.1 Å². The number of nitrogens with zero attached hydrogens (tertiary/aromatic N) is 3. The maximum atomic E-state index is 5.82. The summed E-state index contributed by atoms with van der Waals surface area (Å²) >= 11 is 0. The van der Waals surface area contributed by atoms with Crippen LogP contribution in [0.1, 0.15) is 42.3 Å². The predicted octanol–water partition coefficient (Wildman–Crippen LogP) is 3.32. The lowest BCUT2D eigenvalue weighted by Crippen LogP contribution is -2.44. The van der Waals surface area contributed by atoms with Gasteiger partial charge in [-0.15, -0.1) is 0 Å². The Morgan fingerprint density at radius 2 is 1.96 bits per heavy atom. The number of ether oxygens (including phenoxy) is 1. The maximum Gasteiger partial charge on any atom is 0.125 e. The van der Waals surface area contributed by atoms with Gasteiger partial charge in [0.1, 0.15) is 5.82 Å². The van der Waals surface area contributed by atoms with Gasteiger partial charge in [0.05, 0.1) is 6.61 Å². The van der Waals surface area contributed by atoms with E-state index >= 15 is 0 Å². The monoisotopic (exact) mass is 337 g/mol. The number of aromatic nitrogens is 2. The molecule has 1 aromatic heterocycles. The molecule has 0 radical (unpaired) electrons. The summed E-state index contributed by atoms with van der Waals surface area (Å²) in [5.41, 5.74) is 2.81. The van der Waals surface area contributed by atoms with Crippen molar-refractivity contribution in [1.82, 2.24) is 14.9 Å².